The van der Waals surface area contributed by atoms with E-state index in [4.69, 9.17) is 11.6 Å². The van der Waals surface area contributed by atoms with Gasteiger partial charge in [-0.05, 0) is 43.5 Å². The van der Waals surface area contributed by atoms with Gasteiger partial charge >= 0.3 is 0 Å². The molecule has 3 fully saturated rings. The fraction of sp³-hybridized carbons (Fsp3) is 0.545. The van der Waals surface area contributed by atoms with Gasteiger partial charge in [-0.3, -0.25) is 0 Å². The van der Waals surface area contributed by atoms with Gasteiger partial charge < -0.3 is 15.5 Å². The second-order valence-electron chi connectivity index (χ2n) is 9.81. The zero-order valence-corrected chi connectivity index (χ0v) is 22.2. The summed E-state index contributed by atoms with van der Waals surface area (Å²) in [6.45, 7) is 3.07. The molecule has 0 spiro atoms. The van der Waals surface area contributed by atoms with Gasteiger partial charge in [-0.1, -0.05) is 11.6 Å². The van der Waals surface area contributed by atoms with Crippen molar-refractivity contribution in [2.45, 2.75) is 47.3 Å². The van der Waals surface area contributed by atoms with Gasteiger partial charge in [0.05, 0.1) is 6.54 Å². The van der Waals surface area contributed by atoms with E-state index in [-0.39, 0.29) is 21.9 Å². The van der Waals surface area contributed by atoms with Crippen molar-refractivity contribution in [2.24, 2.45) is 0 Å². The van der Waals surface area contributed by atoms with Gasteiger partial charge in [-0.15, -0.1) is 0 Å². The first-order valence-electron chi connectivity index (χ1n) is 12.2. The molecule has 0 aliphatic carbocycles. The molecule has 0 radical (unpaired) electrons. The van der Waals surface area contributed by atoms with Crippen molar-refractivity contribution in [3.8, 4) is 0 Å². The minimum atomic E-state index is -3.46. The van der Waals surface area contributed by atoms with Crippen LogP contribution in [0.1, 0.15) is 19.3 Å². The number of alkyl halides is 1. The Balaban J connectivity index is 0.000000141. The lowest BCUT2D eigenvalue weighted by Gasteiger charge is -2.20. The number of hydrogen-bond donors (Lipinski definition) is 2. The normalized spacial score (nSPS) is 32.1. The summed E-state index contributed by atoms with van der Waals surface area (Å²) in [5.41, 5.74) is 0. The third kappa shape index (κ3) is 4.52. The molecule has 11 nitrogen and oxygen atoms in total. The molecule has 4 bridgehead atoms. The van der Waals surface area contributed by atoms with Gasteiger partial charge in [0.25, 0.3) is 0 Å². The van der Waals surface area contributed by atoms with Crippen LogP contribution in [0, 0.1) is 0 Å². The fourth-order valence-electron chi connectivity index (χ4n) is 5.38. The maximum absolute atomic E-state index is 13.3. The monoisotopic (exact) mass is 571 g/mol. The van der Waals surface area contributed by atoms with E-state index < -0.39 is 26.2 Å². The second-order valence-corrected chi connectivity index (χ2v) is 14.0. The van der Waals surface area contributed by atoms with E-state index in [1.807, 2.05) is 4.90 Å². The van der Waals surface area contributed by atoms with Gasteiger partial charge in [0.1, 0.15) is 38.6 Å². The van der Waals surface area contributed by atoms with Crippen molar-refractivity contribution in [1.29, 1.82) is 0 Å². The highest BCUT2D eigenvalue weighted by molar-refractivity contribution is 7.89. The molecule has 2 N–H and O–H groups in total. The number of pyridine rings is 2. The molecule has 0 amide bonds. The number of aromatic nitrogens is 2. The first kappa shape index (κ1) is 25.0. The van der Waals surface area contributed by atoms with Crippen LogP contribution >= 0.6 is 11.6 Å². The third-order valence-electron chi connectivity index (χ3n) is 7.34. The highest BCUT2D eigenvalue weighted by atomic mass is 35.5. The predicted molar refractivity (Wildman–Crippen MR) is 137 cm³/mol. The van der Waals surface area contributed by atoms with Gasteiger partial charge in [-0.2, -0.15) is 8.61 Å². The average Bonchev–Trinajstić information content (AvgIpc) is 3.58. The standard InChI is InChI=1S/C13H17FN4O2S.C9H10ClN3O2S/c14-9-3-5-17(7-9)12-2-1-11-13(16-12)15-10-4-6-18(8-10)21(11,19)20;10-8-2-1-7-9(12-8)11-6-3-4-13(5-6)16(7,14)15/h1-2,9-10H,3-8H2,(H,15,16);1-2,6H,3-5H2,(H,11,12)/t9-,10-;6-/m00/s1. The molecule has 2 aromatic rings. The Morgan fingerprint density at radius 2 is 1.35 bits per heavy atom. The van der Waals surface area contributed by atoms with Crippen LogP contribution in [0.2, 0.25) is 5.15 Å². The summed E-state index contributed by atoms with van der Waals surface area (Å²) in [4.78, 5) is 10.8. The SMILES string of the molecule is O=S1(=O)c2ccc(Cl)nc2N[C@H]2CCN1C2.O=S1(=O)c2ccc(N3CC[C@H](F)C3)nc2N[C@H]2CCN1C2. The van der Waals surface area contributed by atoms with Crippen LogP contribution in [0.25, 0.3) is 0 Å². The van der Waals surface area contributed by atoms with Crippen LogP contribution in [0.4, 0.5) is 21.8 Å². The van der Waals surface area contributed by atoms with E-state index >= 15 is 0 Å². The zero-order valence-electron chi connectivity index (χ0n) is 19.8. The summed E-state index contributed by atoms with van der Waals surface area (Å²) in [6.07, 6.45) is 1.28. The maximum Gasteiger partial charge on any atom is 0.246 e. The molecule has 0 saturated carbocycles. The topological polar surface area (TPSA) is 128 Å². The predicted octanol–water partition coefficient (Wildman–Crippen LogP) is 1.74. The summed E-state index contributed by atoms with van der Waals surface area (Å²) in [6, 6.07) is 6.52. The van der Waals surface area contributed by atoms with Crippen LogP contribution in [0.3, 0.4) is 0 Å². The average molecular weight is 572 g/mol. The molecule has 2 aromatic heterocycles. The van der Waals surface area contributed by atoms with Crippen LogP contribution in [0.15, 0.2) is 34.1 Å². The number of hydrogen-bond acceptors (Lipinski definition) is 9. The van der Waals surface area contributed by atoms with Crippen LogP contribution in [-0.4, -0.2) is 92.9 Å². The van der Waals surface area contributed by atoms with Crippen molar-refractivity contribution in [3.05, 3.63) is 29.4 Å². The van der Waals surface area contributed by atoms with E-state index in [0.29, 0.717) is 68.3 Å². The van der Waals surface area contributed by atoms with Crippen LogP contribution in [0.5, 0.6) is 0 Å². The van der Waals surface area contributed by atoms with Gasteiger partial charge in [0.15, 0.2) is 0 Å². The van der Waals surface area contributed by atoms with E-state index in [0.717, 1.165) is 12.8 Å². The maximum atomic E-state index is 13.3. The minimum Gasteiger partial charge on any atom is -0.365 e. The Kier molecular flexibility index (Phi) is 6.22. The number of sulfonamides is 2. The molecule has 200 valence electrons. The van der Waals surface area contributed by atoms with Crippen LogP contribution in [-0.2, 0) is 20.0 Å². The van der Waals surface area contributed by atoms with Gasteiger partial charge in [-0.25, -0.2) is 31.2 Å². The Morgan fingerprint density at radius 1 is 0.784 bits per heavy atom. The Morgan fingerprint density at radius 3 is 1.92 bits per heavy atom. The highest BCUT2D eigenvalue weighted by Gasteiger charge is 2.40. The molecule has 5 aliphatic heterocycles. The number of halogens is 2. The molecule has 5 aliphatic rings. The molecule has 0 aromatic carbocycles. The fourth-order valence-corrected chi connectivity index (χ4v) is 8.70. The molecule has 7 rings (SSSR count). The van der Waals surface area contributed by atoms with Crippen molar-refractivity contribution in [2.75, 3.05) is 54.8 Å². The summed E-state index contributed by atoms with van der Waals surface area (Å²) in [5.74, 6) is 1.42. The van der Waals surface area contributed by atoms with E-state index in [9.17, 15) is 21.2 Å². The molecular weight excluding hydrogens is 545 g/mol. The Labute approximate surface area is 220 Å². The minimum absolute atomic E-state index is 0.108. The summed E-state index contributed by atoms with van der Waals surface area (Å²) >= 11 is 5.77. The highest BCUT2D eigenvalue weighted by Crippen LogP contribution is 2.34. The van der Waals surface area contributed by atoms with Gasteiger partial charge in [0, 0.05) is 44.8 Å². The molecule has 3 saturated heterocycles. The molecule has 5 atom stereocenters. The lowest BCUT2D eigenvalue weighted by atomic mass is 10.2. The smallest absolute Gasteiger partial charge is 0.246 e. The zero-order chi connectivity index (χ0) is 25.9. The number of anilines is 3. The van der Waals surface area contributed by atoms with E-state index in [2.05, 4.69) is 20.6 Å². The van der Waals surface area contributed by atoms with E-state index in [1.54, 1.807) is 12.1 Å². The lowest BCUT2D eigenvalue weighted by molar-refractivity contribution is 0.364. The Hall–Kier alpha value is -2.26. The number of rotatable bonds is 1. The summed E-state index contributed by atoms with van der Waals surface area (Å²) < 4.78 is 65.8. The third-order valence-corrected chi connectivity index (χ3v) is 11.3. The van der Waals surface area contributed by atoms with Crippen LogP contribution < -0.4 is 15.5 Å². The first-order chi connectivity index (χ1) is 17.6. The second kappa shape index (κ2) is 9.19. The van der Waals surface area contributed by atoms with Crippen molar-refractivity contribution < 1.29 is 21.2 Å². The lowest BCUT2D eigenvalue weighted by Crippen LogP contribution is -2.28. The molecule has 7 heterocycles. The van der Waals surface area contributed by atoms with Gasteiger partial charge in [0.2, 0.25) is 20.0 Å². The first-order valence-corrected chi connectivity index (χ1v) is 15.5. The quantitative estimate of drug-likeness (QED) is 0.492. The summed E-state index contributed by atoms with van der Waals surface area (Å²) in [7, 11) is -6.86. The molecule has 15 heteroatoms. The molecular formula is C22H27ClFN7O4S2. The largest absolute Gasteiger partial charge is 0.365 e. The van der Waals surface area contributed by atoms with Crippen molar-refractivity contribution in [3.63, 3.8) is 0 Å². The number of fused-ring (bicyclic) bond motifs is 6. The summed E-state index contributed by atoms with van der Waals surface area (Å²) in [5, 5.41) is 6.66. The molecule has 37 heavy (non-hydrogen) atoms. The molecule has 2 unspecified atom stereocenters. The van der Waals surface area contributed by atoms with Crippen molar-refractivity contribution >= 4 is 49.1 Å². The number of nitrogens with zero attached hydrogens (tertiary/aromatic N) is 5. The van der Waals surface area contributed by atoms with Crippen molar-refractivity contribution in [1.82, 2.24) is 18.6 Å². The van der Waals surface area contributed by atoms with E-state index in [1.165, 1.54) is 20.7 Å². The number of nitrogens with one attached hydrogen (secondary N) is 2. The Bertz CT molecular complexity index is 1440.